The smallest absolute Gasteiger partial charge is 0.192 e. The Morgan fingerprint density at radius 2 is 1.88 bits per heavy atom. The van der Waals surface area contributed by atoms with Crippen molar-refractivity contribution in [3.8, 4) is 5.75 Å². The molecule has 1 N–H and O–H groups in total. The molecule has 0 aliphatic heterocycles. The molecule has 4 aromatic rings. The summed E-state index contributed by atoms with van der Waals surface area (Å²) >= 11 is 0. The van der Waals surface area contributed by atoms with Crippen molar-refractivity contribution in [3.63, 3.8) is 0 Å². The number of ether oxygens (including phenoxy) is 1. The minimum absolute atomic E-state index is 0.0404. The van der Waals surface area contributed by atoms with Gasteiger partial charge >= 0.3 is 0 Å². The van der Waals surface area contributed by atoms with E-state index in [1.165, 1.54) is 0 Å². The van der Waals surface area contributed by atoms with E-state index in [9.17, 15) is 4.39 Å². The van der Waals surface area contributed by atoms with E-state index in [1.807, 2.05) is 48.8 Å². The Labute approximate surface area is 201 Å². The van der Waals surface area contributed by atoms with Crippen LogP contribution in [0.1, 0.15) is 20.8 Å². The Bertz CT molecular complexity index is 1280. The molecule has 0 spiro atoms. The van der Waals surface area contributed by atoms with Crippen LogP contribution in [0.4, 0.5) is 15.9 Å². The summed E-state index contributed by atoms with van der Waals surface area (Å²) in [7, 11) is -1.84. The van der Waals surface area contributed by atoms with E-state index in [2.05, 4.69) is 54.8 Å². The van der Waals surface area contributed by atoms with Crippen LogP contribution < -0.4 is 10.1 Å². The van der Waals surface area contributed by atoms with E-state index in [4.69, 9.17) is 14.1 Å². The number of rotatable bonds is 9. The average molecular weight is 481 g/mol. The fraction of sp³-hybridized carbons (Fsp3) is 0.385. The zero-order valence-corrected chi connectivity index (χ0v) is 21.6. The summed E-state index contributed by atoms with van der Waals surface area (Å²) in [6, 6.07) is 13.5. The second-order valence-electron chi connectivity index (χ2n) is 9.91. The van der Waals surface area contributed by atoms with Crippen molar-refractivity contribution in [1.82, 2.24) is 14.5 Å². The third-order valence-electron chi connectivity index (χ3n) is 6.55. The van der Waals surface area contributed by atoms with Crippen molar-refractivity contribution in [3.05, 3.63) is 54.9 Å². The molecule has 1 aromatic carbocycles. The van der Waals surface area contributed by atoms with Gasteiger partial charge in [0.1, 0.15) is 30.5 Å². The quantitative estimate of drug-likeness (QED) is 0.270. The van der Waals surface area contributed by atoms with Crippen LogP contribution in [0.3, 0.4) is 0 Å². The topological polar surface area (TPSA) is 61.2 Å². The molecule has 0 radical (unpaired) electrons. The van der Waals surface area contributed by atoms with Gasteiger partial charge in [0, 0.05) is 41.5 Å². The lowest BCUT2D eigenvalue weighted by molar-refractivity contribution is 0.273. The maximum absolute atomic E-state index is 12.4. The molecule has 34 heavy (non-hydrogen) atoms. The molecule has 8 heteroatoms. The Morgan fingerprint density at radius 1 is 1.06 bits per heavy atom. The van der Waals surface area contributed by atoms with E-state index in [-0.39, 0.29) is 11.6 Å². The Hall–Kier alpha value is -2.97. The molecule has 0 aliphatic carbocycles. The summed E-state index contributed by atoms with van der Waals surface area (Å²) in [4.78, 5) is 9.27. The first-order valence-corrected chi connectivity index (χ1v) is 14.5. The highest BCUT2D eigenvalue weighted by Crippen LogP contribution is 2.37. The fourth-order valence-corrected chi connectivity index (χ4v) is 4.72. The molecule has 0 saturated heterocycles. The lowest BCUT2D eigenvalue weighted by Crippen LogP contribution is -2.41. The lowest BCUT2D eigenvalue weighted by atomic mass is 10.2. The van der Waals surface area contributed by atoms with Crippen molar-refractivity contribution >= 4 is 41.8 Å². The first kappa shape index (κ1) is 24.2. The molecule has 0 bridgehead atoms. The predicted molar refractivity (Wildman–Crippen MR) is 139 cm³/mol. The molecule has 0 saturated carbocycles. The van der Waals surface area contributed by atoms with Gasteiger partial charge < -0.3 is 19.0 Å². The molecule has 0 amide bonds. The van der Waals surface area contributed by atoms with Crippen LogP contribution in [-0.2, 0) is 11.0 Å². The van der Waals surface area contributed by atoms with Crippen LogP contribution in [0, 0.1) is 0 Å². The molecule has 4 rings (SSSR count). The highest BCUT2D eigenvalue weighted by Gasteiger charge is 2.36. The van der Waals surface area contributed by atoms with Crippen LogP contribution >= 0.6 is 0 Å². The maximum atomic E-state index is 12.4. The largest absolute Gasteiger partial charge is 0.491 e. The second-order valence-corrected chi connectivity index (χ2v) is 14.7. The molecule has 0 fully saturated rings. The molecule has 0 aliphatic rings. The number of hydrogen-bond donors (Lipinski definition) is 1. The van der Waals surface area contributed by atoms with Gasteiger partial charge in [0.25, 0.3) is 0 Å². The highest BCUT2D eigenvalue weighted by atomic mass is 28.4. The van der Waals surface area contributed by atoms with Crippen LogP contribution in [0.25, 0.3) is 21.9 Å². The number of fused-ring (bicyclic) bond motifs is 3. The lowest BCUT2D eigenvalue weighted by Gasteiger charge is -2.36. The zero-order valence-electron chi connectivity index (χ0n) is 20.6. The third-order valence-corrected chi connectivity index (χ3v) is 11.1. The van der Waals surface area contributed by atoms with Gasteiger partial charge in [-0.25, -0.2) is 9.37 Å². The summed E-state index contributed by atoms with van der Waals surface area (Å²) < 4.78 is 26.5. The van der Waals surface area contributed by atoms with Crippen molar-refractivity contribution < 1.29 is 13.6 Å². The van der Waals surface area contributed by atoms with Crippen molar-refractivity contribution in [2.75, 3.05) is 25.2 Å². The molecule has 3 aromatic heterocycles. The van der Waals surface area contributed by atoms with Gasteiger partial charge in [-0.05, 0) is 48.5 Å². The van der Waals surface area contributed by atoms with Gasteiger partial charge in [0.05, 0.1) is 12.1 Å². The van der Waals surface area contributed by atoms with E-state index in [1.54, 1.807) is 0 Å². The summed E-state index contributed by atoms with van der Waals surface area (Å²) in [6.07, 6.45) is 3.71. The van der Waals surface area contributed by atoms with Crippen molar-refractivity contribution in [1.29, 1.82) is 0 Å². The van der Waals surface area contributed by atoms with Crippen LogP contribution in [0.15, 0.2) is 54.9 Å². The van der Waals surface area contributed by atoms with Gasteiger partial charge in [-0.2, -0.15) is 0 Å². The summed E-state index contributed by atoms with van der Waals surface area (Å²) in [5.74, 6) is 1.34. The van der Waals surface area contributed by atoms with E-state index in [0.717, 1.165) is 33.4 Å². The molecular weight excluding hydrogens is 447 g/mol. The Kier molecular flexibility index (Phi) is 6.90. The number of alkyl halides is 1. The van der Waals surface area contributed by atoms with E-state index >= 15 is 0 Å². The summed E-state index contributed by atoms with van der Waals surface area (Å²) in [5.41, 5.74) is 2.81. The van der Waals surface area contributed by atoms with Gasteiger partial charge in [-0.3, -0.25) is 4.98 Å². The Balaban J connectivity index is 1.63. The number of anilines is 2. The number of nitrogens with zero attached hydrogens (tertiary/aromatic N) is 3. The molecule has 180 valence electrons. The minimum atomic E-state index is -1.84. The van der Waals surface area contributed by atoms with E-state index in [0.29, 0.717) is 18.9 Å². The first-order valence-electron chi connectivity index (χ1n) is 11.6. The molecule has 3 heterocycles. The average Bonchev–Trinajstić information content (AvgIpc) is 3.10. The molecule has 0 unspecified atom stereocenters. The minimum Gasteiger partial charge on any atom is -0.491 e. The third kappa shape index (κ3) is 5.08. The summed E-state index contributed by atoms with van der Waals surface area (Å²) in [6.45, 7) is 12.2. The first-order chi connectivity index (χ1) is 16.2. The normalized spacial score (nSPS) is 12.4. The van der Waals surface area contributed by atoms with Crippen LogP contribution in [0.2, 0.25) is 18.1 Å². The number of benzene rings is 1. The molecule has 6 nitrogen and oxygen atoms in total. The predicted octanol–water partition coefficient (Wildman–Crippen LogP) is 6.70. The van der Waals surface area contributed by atoms with E-state index < -0.39 is 15.0 Å². The Morgan fingerprint density at radius 3 is 2.65 bits per heavy atom. The second kappa shape index (κ2) is 9.72. The number of halogens is 1. The molecular formula is C26H33FN4O2Si. The van der Waals surface area contributed by atoms with Crippen LogP contribution in [0.5, 0.6) is 5.75 Å². The molecule has 0 atom stereocenters. The monoisotopic (exact) mass is 480 g/mol. The van der Waals surface area contributed by atoms with Gasteiger partial charge in [0.15, 0.2) is 8.32 Å². The zero-order chi connectivity index (χ0) is 24.3. The number of pyridine rings is 2. The number of hydrogen-bond acceptors (Lipinski definition) is 5. The van der Waals surface area contributed by atoms with Crippen molar-refractivity contribution in [2.45, 2.75) is 45.4 Å². The summed E-state index contributed by atoms with van der Waals surface area (Å²) in [5, 5.41) is 5.64. The highest BCUT2D eigenvalue weighted by molar-refractivity contribution is 6.74. The van der Waals surface area contributed by atoms with Gasteiger partial charge in [-0.1, -0.05) is 26.8 Å². The standard InChI is InChI=1S/C26H33FN4O2Si/c1-26(2,3)34(4,5)33-16-14-31-23-11-13-28-18-22(23)21-9-10-24(30-25(21)31)29-19-7-6-8-20(17-19)32-15-12-27/h6-11,13,17-18H,12,14-16H2,1-5H3,(H,29,30). The van der Waals surface area contributed by atoms with Crippen LogP contribution in [-0.4, -0.2) is 42.7 Å². The van der Waals surface area contributed by atoms with Crippen molar-refractivity contribution in [2.24, 2.45) is 0 Å². The van der Waals surface area contributed by atoms with Gasteiger partial charge in [0.2, 0.25) is 0 Å². The number of aromatic nitrogens is 3. The SMILES string of the molecule is CC(C)(C)[Si](C)(C)OCCn1c2ccncc2c2ccc(Nc3cccc(OCCF)c3)nc21. The fourth-order valence-electron chi connectivity index (χ4n) is 3.68. The number of nitrogens with one attached hydrogen (secondary N) is 1. The van der Waals surface area contributed by atoms with Gasteiger partial charge in [-0.15, -0.1) is 0 Å². The maximum Gasteiger partial charge on any atom is 0.192 e.